The third kappa shape index (κ3) is 21.4. The SMILES string of the molecule is CC(C)n1ccc(S(=O)(=O)NC(=O)Nc2c(-c3ccnc(C#N)c3)cc(Cl)c3c2CCC3)n1.COc1cc(-c2cc(Cl)c3c(c2NC(=O)NS(=O)(=O)c2ccn(C(C)C)n2)CCC3)ccn1.COc1cc(-c2ccc3c(c2NC(=O)NS(=O)(=O)c2ccn(C(C)C)n2)CCO3)ccn1.N#Cc1cc(-c2ccc3c(c2NC(=O)NS(=O)(=O)c2ccn(C4CCC4)n2)CCC3)ccn1. The van der Waals surface area contributed by atoms with E-state index in [1.54, 1.807) is 102 Å². The van der Waals surface area contributed by atoms with Gasteiger partial charge < -0.3 is 35.5 Å². The van der Waals surface area contributed by atoms with Crippen molar-refractivity contribution in [3.05, 3.63) is 219 Å². The van der Waals surface area contributed by atoms with Crippen LogP contribution in [-0.4, -0.2) is 138 Å². The van der Waals surface area contributed by atoms with Gasteiger partial charge in [-0.25, -0.2) is 58.0 Å². The molecule has 0 radical (unpaired) electrons. The number of benzene rings is 4. The van der Waals surface area contributed by atoms with Crippen LogP contribution >= 0.6 is 23.2 Å². The highest BCUT2D eigenvalue weighted by Gasteiger charge is 2.33. The molecule has 9 heterocycles. The van der Waals surface area contributed by atoms with Crippen molar-refractivity contribution in [1.29, 1.82) is 10.5 Å². The minimum absolute atomic E-state index is 0.0143. The zero-order valence-electron chi connectivity index (χ0n) is 72.0. The van der Waals surface area contributed by atoms with Crippen LogP contribution in [-0.2, 0) is 85.0 Å². The highest BCUT2D eigenvalue weighted by molar-refractivity contribution is 7.90. The van der Waals surface area contributed by atoms with Crippen molar-refractivity contribution >= 4 is 110 Å². The lowest BCUT2D eigenvalue weighted by atomic mass is 9.93. The number of amides is 8. The van der Waals surface area contributed by atoms with Gasteiger partial charge in [0.05, 0.1) is 49.6 Å². The molecule has 0 atom stereocenters. The average Bonchev–Trinajstić information content (AvgIpc) is 1.75. The monoisotopic (exact) mass is 1890 g/mol. The van der Waals surface area contributed by atoms with Crippen molar-refractivity contribution < 1.29 is 67.1 Å². The fourth-order valence-electron chi connectivity index (χ4n) is 15.4. The molecule has 4 aromatic carbocycles. The Bertz CT molecular complexity index is 7020. The number of urea groups is 4. The molecule has 1 fully saturated rings. The molecule has 12 aromatic rings. The topological polar surface area (TPSA) is 499 Å². The predicted octanol–water partition coefficient (Wildman–Crippen LogP) is 14.8. The Balaban J connectivity index is 0.000000141. The number of nitriles is 2. The summed E-state index contributed by atoms with van der Waals surface area (Å²) < 4.78 is 132. The summed E-state index contributed by atoms with van der Waals surface area (Å²) in [5, 5.41) is 45.8. The van der Waals surface area contributed by atoms with Crippen LogP contribution in [0.2, 0.25) is 10.0 Å². The molecule has 1 saturated carbocycles. The summed E-state index contributed by atoms with van der Waals surface area (Å²) in [5.74, 6) is 1.46. The Labute approximate surface area is 765 Å². The van der Waals surface area contributed by atoms with Gasteiger partial charge in [-0.1, -0.05) is 35.3 Å². The number of aromatic nitrogens is 12. The number of carbonyl (C=O) groups excluding carboxylic acids is 4. The smallest absolute Gasteiger partial charge is 0.333 e. The molecule has 1 aliphatic heterocycles. The van der Waals surface area contributed by atoms with Crippen molar-refractivity contribution in [1.82, 2.24) is 77.9 Å². The molecule has 4 aliphatic carbocycles. The molecule has 0 bridgehead atoms. The maximum atomic E-state index is 12.8. The lowest BCUT2D eigenvalue weighted by molar-refractivity contribution is 0.255. The normalized spacial score (nSPS) is 13.6. The summed E-state index contributed by atoms with van der Waals surface area (Å²) in [6, 6.07) is 30.8. The van der Waals surface area contributed by atoms with Gasteiger partial charge in [-0.3, -0.25) is 18.7 Å². The number of sulfonamides is 4. The predicted molar refractivity (Wildman–Crippen MR) is 487 cm³/mol. The molecule has 8 N–H and O–H groups in total. The van der Waals surface area contributed by atoms with Gasteiger partial charge >= 0.3 is 24.1 Å². The Hall–Kier alpha value is -13.8. The first-order valence-corrected chi connectivity index (χ1v) is 48.2. The van der Waals surface area contributed by atoms with Crippen LogP contribution in [0.1, 0.15) is 155 Å². The Morgan fingerprint density at radius 1 is 0.412 bits per heavy atom. The number of rotatable bonds is 22. The van der Waals surface area contributed by atoms with Crippen molar-refractivity contribution in [2.75, 3.05) is 42.1 Å². The zero-order chi connectivity index (χ0) is 93.4. The van der Waals surface area contributed by atoms with Crippen molar-refractivity contribution in [3.8, 4) is 74.2 Å². The molecule has 8 aromatic heterocycles. The summed E-state index contributed by atoms with van der Waals surface area (Å²) in [6.45, 7) is 11.7. The fraction of sp³-hybridized carbons (Fsp3) is 0.295. The van der Waals surface area contributed by atoms with E-state index in [1.165, 1.54) is 71.1 Å². The number of nitrogens with one attached hydrogen (secondary N) is 8. The van der Waals surface area contributed by atoms with Crippen LogP contribution in [0.3, 0.4) is 0 Å². The van der Waals surface area contributed by atoms with E-state index in [-0.39, 0.29) is 55.7 Å². The Morgan fingerprint density at radius 3 is 1.18 bits per heavy atom. The molecule has 17 rings (SSSR count). The fourth-order valence-corrected chi connectivity index (χ4v) is 19.4. The minimum Gasteiger partial charge on any atom is -0.493 e. The lowest BCUT2D eigenvalue weighted by Gasteiger charge is -2.25. The number of fused-ring (bicyclic) bond motifs is 4. The number of halogens is 2. The molecule has 43 heteroatoms. The van der Waals surface area contributed by atoms with Crippen LogP contribution in [0, 0.1) is 22.7 Å². The molecular formula is C88H90Cl2N22O15S4. The number of methoxy groups -OCH3 is 2. The summed E-state index contributed by atoms with van der Waals surface area (Å²) >= 11 is 13.0. The van der Waals surface area contributed by atoms with Gasteiger partial charge in [0.1, 0.15) is 29.3 Å². The summed E-state index contributed by atoms with van der Waals surface area (Å²) in [7, 11) is -13.6. The van der Waals surface area contributed by atoms with Crippen molar-refractivity contribution in [2.24, 2.45) is 0 Å². The second-order valence-electron chi connectivity index (χ2n) is 31.6. The van der Waals surface area contributed by atoms with Crippen molar-refractivity contribution in [2.45, 2.75) is 169 Å². The highest BCUT2D eigenvalue weighted by Crippen LogP contribution is 2.46. The molecule has 0 saturated heterocycles. The second-order valence-corrected chi connectivity index (χ2v) is 39.0. The van der Waals surface area contributed by atoms with Gasteiger partial charge in [-0.2, -0.15) is 64.6 Å². The average molecular weight is 1900 g/mol. The minimum atomic E-state index is -4.18. The molecule has 8 amide bonds. The van der Waals surface area contributed by atoms with Gasteiger partial charge in [0.25, 0.3) is 40.1 Å². The molecular weight excluding hydrogens is 1800 g/mol. The Kier molecular flexibility index (Phi) is 28.2. The summed E-state index contributed by atoms with van der Waals surface area (Å²) in [6.07, 6.45) is 23.4. The van der Waals surface area contributed by atoms with Gasteiger partial charge in [0.2, 0.25) is 11.8 Å². The quantitative estimate of drug-likeness (QED) is 0.0312. The highest BCUT2D eigenvalue weighted by atomic mass is 35.5. The number of nitrogens with zero attached hydrogens (tertiary/aromatic N) is 14. The second kappa shape index (κ2) is 39.6. The number of aryl methyl sites for hydroxylation is 1. The van der Waals surface area contributed by atoms with E-state index in [0.29, 0.717) is 110 Å². The number of carbonyl (C=O) groups is 4. The maximum absolute atomic E-state index is 12.8. The van der Waals surface area contributed by atoms with E-state index < -0.39 is 64.2 Å². The Morgan fingerprint density at radius 2 is 0.771 bits per heavy atom. The standard InChI is InChI=1S/C23H22N6O3S.C22H21ClN6O3S.C22H24ClN5O4S.C21H23N5O5S/c24-14-17-13-16(9-11-25-17)20-8-7-15-3-1-6-19(15)22(20)26-23(30)28-33(31,32)21-10-12-29(27-21)18-4-2-5-18;1-13(2)29-9-7-20(27-29)33(31,32)28-22(30)26-21-17-5-3-4-16(17)19(23)11-18(21)14-6-8-25-15(10-14)12-24;1-13(2)28-10-8-20(26-28)33(30,31)27-22(29)25-21-16-6-4-5-15(16)18(23)12-17(21)14-7-9-24-19(11-14)32-3;1-13(2)26-10-7-19(24-26)32(28,29)25-21(27)23-20-15(4-5-17-16(20)8-11-31-17)14-6-9-22-18(12-14)30-3/h7-13,18H,1-6H2,(H2,26,28,30);6-11,13H,3-5H2,1-2H3,(H2,26,28,30);7-13H,4-6H2,1-3H3,(H2,25,27,29);4-7,9-10,12-13H,8,11H2,1-3H3,(H2,23,25,27). The van der Waals surface area contributed by atoms with Crippen LogP contribution < -0.4 is 54.4 Å². The first-order chi connectivity index (χ1) is 62.6. The van der Waals surface area contributed by atoms with E-state index in [2.05, 4.69) is 71.0 Å². The van der Waals surface area contributed by atoms with Crippen molar-refractivity contribution in [3.63, 3.8) is 0 Å². The number of hydrogen-bond donors (Lipinski definition) is 8. The van der Waals surface area contributed by atoms with E-state index in [1.807, 2.05) is 81.3 Å². The van der Waals surface area contributed by atoms with Gasteiger partial charge in [0.15, 0.2) is 20.1 Å². The number of anilines is 4. The van der Waals surface area contributed by atoms with Gasteiger partial charge in [-0.15, -0.1) is 0 Å². The van der Waals surface area contributed by atoms with Crippen LogP contribution in [0.4, 0.5) is 41.9 Å². The van der Waals surface area contributed by atoms with E-state index in [4.69, 9.17) is 37.4 Å². The summed E-state index contributed by atoms with van der Waals surface area (Å²) in [4.78, 5) is 67.4. The molecule has 680 valence electrons. The number of pyridine rings is 4. The van der Waals surface area contributed by atoms with Gasteiger partial charge in [0, 0.05) is 124 Å². The summed E-state index contributed by atoms with van der Waals surface area (Å²) in [5.41, 5.74) is 14.4. The molecule has 131 heavy (non-hydrogen) atoms. The number of hydrogen-bond acceptors (Lipinski definition) is 25. The zero-order valence-corrected chi connectivity index (χ0v) is 76.8. The van der Waals surface area contributed by atoms with Gasteiger partial charge in [-0.05, 0) is 259 Å². The van der Waals surface area contributed by atoms with Crippen LogP contribution in [0.15, 0.2) is 179 Å². The largest absolute Gasteiger partial charge is 0.493 e. The molecule has 37 nitrogen and oxygen atoms in total. The molecule has 0 spiro atoms. The lowest BCUT2D eigenvalue weighted by Crippen LogP contribution is -2.35. The molecule has 5 aliphatic rings. The molecule has 0 unspecified atom stereocenters. The third-order valence-corrected chi connectivity index (χ3v) is 27.6. The van der Waals surface area contributed by atoms with E-state index in [9.17, 15) is 63.4 Å². The number of ether oxygens (including phenoxy) is 3. The maximum Gasteiger partial charge on any atom is 0.333 e. The third-order valence-electron chi connectivity index (χ3n) is 22.1. The first kappa shape index (κ1) is 93.3. The first-order valence-electron chi connectivity index (χ1n) is 41.5. The van der Waals surface area contributed by atoms with E-state index in [0.717, 1.165) is 114 Å². The van der Waals surface area contributed by atoms with E-state index >= 15 is 0 Å². The van der Waals surface area contributed by atoms with Crippen LogP contribution in [0.25, 0.3) is 44.5 Å². The van der Waals surface area contributed by atoms with Crippen LogP contribution in [0.5, 0.6) is 17.5 Å².